The van der Waals surface area contributed by atoms with E-state index in [2.05, 4.69) is 15.9 Å². The fourth-order valence-electron chi connectivity index (χ4n) is 2.24. The predicted molar refractivity (Wildman–Crippen MR) is 76.6 cm³/mol. The smallest absolute Gasteiger partial charge is 0.189 e. The molecule has 0 heterocycles. The van der Waals surface area contributed by atoms with Gasteiger partial charge in [-0.1, -0.05) is 52.3 Å². The van der Waals surface area contributed by atoms with Crippen LogP contribution in [0.1, 0.15) is 21.5 Å². The maximum absolute atomic E-state index is 12.3. The molecule has 1 aliphatic carbocycles. The molecule has 0 atom stereocenters. The van der Waals surface area contributed by atoms with Crippen molar-refractivity contribution in [2.45, 2.75) is 6.42 Å². The molecule has 0 amide bonds. The third kappa shape index (κ3) is 2.04. The second kappa shape index (κ2) is 4.54. The topological polar surface area (TPSA) is 17.1 Å². The number of carbonyl (C=O) groups is 1. The van der Waals surface area contributed by atoms with Crippen LogP contribution in [-0.4, -0.2) is 5.78 Å². The molecule has 3 rings (SSSR count). The number of benzene rings is 2. The van der Waals surface area contributed by atoms with Crippen LogP contribution in [-0.2, 0) is 6.42 Å². The average molecular weight is 299 g/mol. The number of hydrogen-bond acceptors (Lipinski definition) is 1. The van der Waals surface area contributed by atoms with Gasteiger partial charge in [0.05, 0.1) is 0 Å². The molecular formula is C16H11BrO. The van der Waals surface area contributed by atoms with E-state index in [1.165, 1.54) is 0 Å². The van der Waals surface area contributed by atoms with Gasteiger partial charge in [-0.05, 0) is 29.3 Å². The minimum Gasteiger partial charge on any atom is -0.289 e. The van der Waals surface area contributed by atoms with Crippen molar-refractivity contribution in [1.82, 2.24) is 0 Å². The van der Waals surface area contributed by atoms with E-state index in [4.69, 9.17) is 0 Å². The Bertz CT molecular complexity index is 641. The largest absolute Gasteiger partial charge is 0.289 e. The van der Waals surface area contributed by atoms with Crippen molar-refractivity contribution in [2.75, 3.05) is 0 Å². The highest BCUT2D eigenvalue weighted by Gasteiger charge is 2.24. The van der Waals surface area contributed by atoms with E-state index in [1.54, 1.807) is 0 Å². The van der Waals surface area contributed by atoms with Gasteiger partial charge in [-0.3, -0.25) is 4.79 Å². The normalized spacial score (nSPS) is 16.1. The number of carbonyl (C=O) groups excluding carboxylic acids is 1. The zero-order chi connectivity index (χ0) is 12.5. The summed E-state index contributed by atoms with van der Waals surface area (Å²) in [4.78, 5) is 12.3. The Labute approximate surface area is 114 Å². The molecule has 2 heteroatoms. The summed E-state index contributed by atoms with van der Waals surface area (Å²) < 4.78 is 0.954. The number of ketones is 1. The van der Waals surface area contributed by atoms with Gasteiger partial charge in [0.25, 0.3) is 0 Å². The van der Waals surface area contributed by atoms with Crippen LogP contribution in [0.5, 0.6) is 0 Å². The lowest BCUT2D eigenvalue weighted by molar-refractivity contribution is 0.104. The Balaban J connectivity index is 2.00. The molecule has 2 aromatic rings. The molecule has 18 heavy (non-hydrogen) atoms. The molecule has 2 aromatic carbocycles. The van der Waals surface area contributed by atoms with E-state index in [0.717, 1.165) is 33.2 Å². The third-order valence-electron chi connectivity index (χ3n) is 3.13. The standard InChI is InChI=1S/C16H11BrO/c17-14-7-6-12-9-13(16(18)15(12)10-14)8-11-4-2-1-3-5-11/h1-8,10H,9H2/b13-8+. The number of fused-ring (bicyclic) bond motifs is 1. The van der Waals surface area contributed by atoms with Crippen LogP contribution >= 0.6 is 15.9 Å². The summed E-state index contributed by atoms with van der Waals surface area (Å²) in [6.07, 6.45) is 2.71. The number of rotatable bonds is 1. The fraction of sp³-hybridized carbons (Fsp3) is 0.0625. The summed E-state index contributed by atoms with van der Waals surface area (Å²) in [6, 6.07) is 15.9. The van der Waals surface area contributed by atoms with E-state index in [1.807, 2.05) is 54.6 Å². The van der Waals surface area contributed by atoms with Crippen LogP contribution in [0.2, 0.25) is 0 Å². The van der Waals surface area contributed by atoms with Crippen LogP contribution in [0.4, 0.5) is 0 Å². The van der Waals surface area contributed by atoms with Crippen LogP contribution in [0, 0.1) is 0 Å². The molecule has 0 bridgehead atoms. The number of hydrogen-bond donors (Lipinski definition) is 0. The maximum atomic E-state index is 12.3. The number of allylic oxidation sites excluding steroid dienone is 1. The first-order valence-corrected chi connectivity index (χ1v) is 6.62. The molecule has 0 aromatic heterocycles. The summed E-state index contributed by atoms with van der Waals surface area (Å²) in [5, 5.41) is 0. The minimum absolute atomic E-state index is 0.148. The Kier molecular flexibility index (Phi) is 2.88. The molecule has 0 N–H and O–H groups in total. The van der Waals surface area contributed by atoms with E-state index in [9.17, 15) is 4.79 Å². The minimum atomic E-state index is 0.148. The molecule has 0 fully saturated rings. The van der Waals surface area contributed by atoms with Crippen molar-refractivity contribution < 1.29 is 4.79 Å². The summed E-state index contributed by atoms with van der Waals surface area (Å²) >= 11 is 3.41. The molecular weight excluding hydrogens is 288 g/mol. The third-order valence-corrected chi connectivity index (χ3v) is 3.62. The summed E-state index contributed by atoms with van der Waals surface area (Å²) in [6.45, 7) is 0. The van der Waals surface area contributed by atoms with Gasteiger partial charge < -0.3 is 0 Å². The van der Waals surface area contributed by atoms with Gasteiger partial charge in [0.1, 0.15) is 0 Å². The van der Waals surface area contributed by atoms with Crippen LogP contribution in [0.15, 0.2) is 58.6 Å². The van der Waals surface area contributed by atoms with Gasteiger partial charge in [-0.25, -0.2) is 0 Å². The zero-order valence-electron chi connectivity index (χ0n) is 9.69. The zero-order valence-corrected chi connectivity index (χ0v) is 11.3. The number of halogens is 1. The Morgan fingerprint density at radius 3 is 2.61 bits per heavy atom. The van der Waals surface area contributed by atoms with Crippen molar-refractivity contribution >= 4 is 27.8 Å². The molecule has 88 valence electrons. The average Bonchev–Trinajstić information content (AvgIpc) is 2.68. The molecule has 0 spiro atoms. The van der Waals surface area contributed by atoms with Crippen molar-refractivity contribution in [3.63, 3.8) is 0 Å². The van der Waals surface area contributed by atoms with Crippen LogP contribution < -0.4 is 0 Å². The van der Waals surface area contributed by atoms with Crippen LogP contribution in [0.3, 0.4) is 0 Å². The SMILES string of the molecule is O=C1/C(=C/c2ccccc2)Cc2ccc(Br)cc21. The molecule has 0 radical (unpaired) electrons. The van der Waals surface area contributed by atoms with Gasteiger partial charge in [-0.15, -0.1) is 0 Å². The molecule has 0 saturated carbocycles. The second-order valence-electron chi connectivity index (χ2n) is 4.39. The lowest BCUT2D eigenvalue weighted by Gasteiger charge is -1.96. The Morgan fingerprint density at radius 2 is 1.83 bits per heavy atom. The van der Waals surface area contributed by atoms with Gasteiger partial charge in [0, 0.05) is 22.0 Å². The van der Waals surface area contributed by atoms with E-state index >= 15 is 0 Å². The van der Waals surface area contributed by atoms with Crippen molar-refractivity contribution in [1.29, 1.82) is 0 Å². The molecule has 1 nitrogen and oxygen atoms in total. The summed E-state index contributed by atoms with van der Waals surface area (Å²) in [5.41, 5.74) is 3.89. The van der Waals surface area contributed by atoms with Crippen molar-refractivity contribution in [3.8, 4) is 0 Å². The fourth-order valence-corrected chi connectivity index (χ4v) is 2.60. The second-order valence-corrected chi connectivity index (χ2v) is 5.30. The molecule has 1 aliphatic rings. The predicted octanol–water partition coefficient (Wildman–Crippen LogP) is 4.27. The van der Waals surface area contributed by atoms with Gasteiger partial charge in [0.15, 0.2) is 5.78 Å². The molecule has 0 saturated heterocycles. The van der Waals surface area contributed by atoms with Gasteiger partial charge in [0.2, 0.25) is 0 Å². The maximum Gasteiger partial charge on any atom is 0.189 e. The Hall–Kier alpha value is -1.67. The van der Waals surface area contributed by atoms with E-state index in [-0.39, 0.29) is 5.78 Å². The lowest BCUT2D eigenvalue weighted by atomic mass is 10.1. The van der Waals surface area contributed by atoms with E-state index in [0.29, 0.717) is 0 Å². The number of Topliss-reactive ketones (excluding diaryl/α,β-unsaturated/α-hetero) is 1. The molecule has 0 unspecified atom stereocenters. The highest BCUT2D eigenvalue weighted by molar-refractivity contribution is 9.10. The highest BCUT2D eigenvalue weighted by Crippen LogP contribution is 2.29. The quantitative estimate of drug-likeness (QED) is 0.719. The first-order valence-electron chi connectivity index (χ1n) is 5.83. The van der Waals surface area contributed by atoms with Gasteiger partial charge >= 0.3 is 0 Å². The monoisotopic (exact) mass is 298 g/mol. The first-order chi connectivity index (χ1) is 8.74. The van der Waals surface area contributed by atoms with Crippen molar-refractivity contribution in [3.05, 3.63) is 75.3 Å². The van der Waals surface area contributed by atoms with Crippen molar-refractivity contribution in [2.24, 2.45) is 0 Å². The van der Waals surface area contributed by atoms with Crippen LogP contribution in [0.25, 0.3) is 6.08 Å². The van der Waals surface area contributed by atoms with E-state index < -0.39 is 0 Å². The first kappa shape index (κ1) is 11.4. The van der Waals surface area contributed by atoms with Gasteiger partial charge in [-0.2, -0.15) is 0 Å². The Morgan fingerprint density at radius 1 is 1.06 bits per heavy atom. The summed E-state index contributed by atoms with van der Waals surface area (Å²) in [5.74, 6) is 0.148. The molecule has 0 aliphatic heterocycles. The highest BCUT2D eigenvalue weighted by atomic mass is 79.9. The summed E-state index contributed by atoms with van der Waals surface area (Å²) in [7, 11) is 0. The lowest BCUT2D eigenvalue weighted by Crippen LogP contribution is -1.95.